The van der Waals surface area contributed by atoms with Crippen LogP contribution in [0.5, 0.6) is 5.75 Å². The SMILES string of the molecule is CC(C)N1CC(c2ccccc2)(c2c(O)cccc2CCOCCC(=O)O)C1. The Morgan fingerprint density at radius 1 is 1.11 bits per heavy atom. The average Bonchev–Trinajstić information content (AvgIpc) is 2.62. The molecular formula is C23H29NO4. The highest BCUT2D eigenvalue weighted by Crippen LogP contribution is 2.46. The molecule has 0 bridgehead atoms. The molecule has 28 heavy (non-hydrogen) atoms. The molecule has 0 radical (unpaired) electrons. The number of carboxylic acids is 1. The summed E-state index contributed by atoms with van der Waals surface area (Å²) in [5.41, 5.74) is 3.00. The molecule has 1 fully saturated rings. The van der Waals surface area contributed by atoms with Crippen LogP contribution in [0.25, 0.3) is 0 Å². The lowest BCUT2D eigenvalue weighted by atomic mass is 9.66. The number of nitrogens with zero attached hydrogens (tertiary/aromatic N) is 1. The maximum absolute atomic E-state index is 10.8. The molecule has 0 aliphatic carbocycles. The van der Waals surface area contributed by atoms with Crippen LogP contribution in [-0.2, 0) is 21.4 Å². The van der Waals surface area contributed by atoms with Crippen molar-refractivity contribution in [1.29, 1.82) is 0 Å². The van der Waals surface area contributed by atoms with Crippen molar-refractivity contribution in [3.05, 3.63) is 65.2 Å². The number of carboxylic acid groups (broad SMARTS) is 1. The minimum Gasteiger partial charge on any atom is -0.508 e. The molecule has 2 N–H and O–H groups in total. The van der Waals surface area contributed by atoms with Crippen molar-refractivity contribution in [3.8, 4) is 5.75 Å². The summed E-state index contributed by atoms with van der Waals surface area (Å²) in [6.45, 7) is 6.74. The third kappa shape index (κ3) is 4.21. The third-order valence-electron chi connectivity index (χ3n) is 5.59. The minimum atomic E-state index is -0.857. The van der Waals surface area contributed by atoms with Gasteiger partial charge in [-0.05, 0) is 37.5 Å². The number of carbonyl (C=O) groups is 1. The number of aromatic hydroxyl groups is 1. The van der Waals surface area contributed by atoms with Gasteiger partial charge in [-0.1, -0.05) is 42.5 Å². The summed E-state index contributed by atoms with van der Waals surface area (Å²) in [6, 6.07) is 16.5. The van der Waals surface area contributed by atoms with Crippen molar-refractivity contribution in [2.24, 2.45) is 0 Å². The van der Waals surface area contributed by atoms with E-state index in [0.717, 1.165) is 24.2 Å². The summed E-state index contributed by atoms with van der Waals surface area (Å²) >= 11 is 0. The van der Waals surface area contributed by atoms with Crippen molar-refractivity contribution in [2.45, 2.75) is 38.1 Å². The maximum atomic E-state index is 10.8. The fourth-order valence-corrected chi connectivity index (χ4v) is 4.05. The number of ether oxygens (including phenoxy) is 1. The average molecular weight is 383 g/mol. The molecule has 5 nitrogen and oxygen atoms in total. The molecule has 0 spiro atoms. The maximum Gasteiger partial charge on any atom is 0.305 e. The van der Waals surface area contributed by atoms with Crippen molar-refractivity contribution in [1.82, 2.24) is 4.90 Å². The molecule has 1 heterocycles. The quantitative estimate of drug-likeness (QED) is 0.649. The van der Waals surface area contributed by atoms with Gasteiger partial charge in [-0.2, -0.15) is 0 Å². The first kappa shape index (κ1) is 20.4. The number of rotatable bonds is 9. The third-order valence-corrected chi connectivity index (χ3v) is 5.59. The summed E-state index contributed by atoms with van der Waals surface area (Å²) in [4.78, 5) is 13.0. The summed E-state index contributed by atoms with van der Waals surface area (Å²) in [5.74, 6) is -0.542. The highest BCUT2D eigenvalue weighted by molar-refractivity contribution is 5.66. The van der Waals surface area contributed by atoms with E-state index in [4.69, 9.17) is 9.84 Å². The molecule has 1 saturated heterocycles. The lowest BCUT2D eigenvalue weighted by Crippen LogP contribution is -2.62. The van der Waals surface area contributed by atoms with Crippen molar-refractivity contribution in [2.75, 3.05) is 26.3 Å². The molecule has 3 rings (SSSR count). The number of likely N-dealkylation sites (tertiary alicyclic amines) is 1. The second kappa shape index (κ2) is 8.76. The number of benzene rings is 2. The van der Waals surface area contributed by atoms with E-state index < -0.39 is 5.97 Å². The number of phenolic OH excluding ortho intramolecular Hbond substituents is 1. The standard InChI is InChI=1S/C23H29NO4/c1-17(2)24-15-23(16-24,19-8-4-3-5-9-19)22-18(7-6-10-20(22)25)11-13-28-14-12-21(26)27/h3-10,17,25H,11-16H2,1-2H3,(H,26,27). The van der Waals surface area contributed by atoms with Gasteiger partial charge in [0.05, 0.1) is 19.6 Å². The van der Waals surface area contributed by atoms with Gasteiger partial charge >= 0.3 is 5.97 Å². The Morgan fingerprint density at radius 3 is 2.46 bits per heavy atom. The van der Waals surface area contributed by atoms with E-state index in [1.54, 1.807) is 6.07 Å². The largest absolute Gasteiger partial charge is 0.508 e. The van der Waals surface area contributed by atoms with E-state index in [1.807, 2.05) is 30.3 Å². The molecule has 0 atom stereocenters. The van der Waals surface area contributed by atoms with E-state index in [2.05, 4.69) is 30.9 Å². The topological polar surface area (TPSA) is 70.0 Å². The molecule has 0 amide bonds. The fourth-order valence-electron chi connectivity index (χ4n) is 4.05. The zero-order valence-corrected chi connectivity index (χ0v) is 16.6. The first-order valence-corrected chi connectivity index (χ1v) is 9.84. The monoisotopic (exact) mass is 383 g/mol. The first-order valence-electron chi connectivity index (χ1n) is 9.84. The molecule has 2 aromatic rings. The Labute approximate surface area is 166 Å². The van der Waals surface area contributed by atoms with Crippen molar-refractivity contribution >= 4 is 5.97 Å². The Morgan fingerprint density at radius 2 is 1.82 bits per heavy atom. The summed E-state index contributed by atoms with van der Waals surface area (Å²) < 4.78 is 5.50. The summed E-state index contributed by atoms with van der Waals surface area (Å²) in [7, 11) is 0. The highest BCUT2D eigenvalue weighted by atomic mass is 16.5. The fraction of sp³-hybridized carbons (Fsp3) is 0.435. The van der Waals surface area contributed by atoms with Crippen LogP contribution in [0, 0.1) is 0 Å². The molecule has 0 aromatic heterocycles. The van der Waals surface area contributed by atoms with Gasteiger partial charge in [-0.3, -0.25) is 9.69 Å². The minimum absolute atomic E-state index is 0.00416. The molecule has 0 saturated carbocycles. The van der Waals surface area contributed by atoms with Gasteiger partial charge in [0.15, 0.2) is 0 Å². The predicted molar refractivity (Wildman–Crippen MR) is 109 cm³/mol. The van der Waals surface area contributed by atoms with Gasteiger partial charge < -0.3 is 14.9 Å². The molecule has 2 aromatic carbocycles. The molecule has 150 valence electrons. The summed E-state index contributed by atoms with van der Waals surface area (Å²) in [5, 5.41) is 19.6. The molecule has 1 aliphatic heterocycles. The van der Waals surface area contributed by atoms with Crippen molar-refractivity contribution in [3.63, 3.8) is 0 Å². The normalized spacial score (nSPS) is 16.1. The zero-order chi connectivity index (χ0) is 20.1. The zero-order valence-electron chi connectivity index (χ0n) is 16.6. The predicted octanol–water partition coefficient (Wildman–Crippen LogP) is 3.44. The first-order chi connectivity index (χ1) is 13.4. The van der Waals surface area contributed by atoms with E-state index in [9.17, 15) is 9.90 Å². The Bertz CT molecular complexity index is 798. The van der Waals surface area contributed by atoms with E-state index >= 15 is 0 Å². The van der Waals surface area contributed by atoms with Gasteiger partial charge in [0.2, 0.25) is 0 Å². The second-order valence-corrected chi connectivity index (χ2v) is 7.76. The molecule has 0 unspecified atom stereocenters. The van der Waals surface area contributed by atoms with Crippen LogP contribution < -0.4 is 0 Å². The van der Waals surface area contributed by atoms with Crippen LogP contribution in [0.3, 0.4) is 0 Å². The van der Waals surface area contributed by atoms with E-state index in [0.29, 0.717) is 24.8 Å². The number of hydrogen-bond donors (Lipinski definition) is 2. The van der Waals surface area contributed by atoms with Crippen LogP contribution in [0.1, 0.15) is 37.0 Å². The van der Waals surface area contributed by atoms with Gasteiger partial charge in [0, 0.05) is 30.1 Å². The van der Waals surface area contributed by atoms with E-state index in [1.165, 1.54) is 5.56 Å². The van der Waals surface area contributed by atoms with E-state index in [-0.39, 0.29) is 18.4 Å². The van der Waals surface area contributed by atoms with Crippen LogP contribution >= 0.6 is 0 Å². The Balaban J connectivity index is 1.87. The van der Waals surface area contributed by atoms with Gasteiger partial charge in [-0.15, -0.1) is 0 Å². The van der Waals surface area contributed by atoms with Crippen LogP contribution in [0.4, 0.5) is 0 Å². The Kier molecular flexibility index (Phi) is 6.37. The van der Waals surface area contributed by atoms with Crippen LogP contribution in [-0.4, -0.2) is 53.4 Å². The number of aliphatic carboxylic acids is 1. The van der Waals surface area contributed by atoms with Gasteiger partial charge in [0.25, 0.3) is 0 Å². The van der Waals surface area contributed by atoms with Crippen molar-refractivity contribution < 1.29 is 19.7 Å². The number of hydrogen-bond acceptors (Lipinski definition) is 4. The van der Waals surface area contributed by atoms with Gasteiger partial charge in [-0.25, -0.2) is 0 Å². The van der Waals surface area contributed by atoms with Crippen LogP contribution in [0.2, 0.25) is 0 Å². The lowest BCUT2D eigenvalue weighted by Gasteiger charge is -2.53. The highest BCUT2D eigenvalue weighted by Gasteiger charge is 2.48. The van der Waals surface area contributed by atoms with Crippen LogP contribution in [0.15, 0.2) is 48.5 Å². The van der Waals surface area contributed by atoms with Gasteiger partial charge in [0.1, 0.15) is 5.75 Å². The summed E-state index contributed by atoms with van der Waals surface area (Å²) in [6.07, 6.45) is 0.643. The molecule has 1 aliphatic rings. The lowest BCUT2D eigenvalue weighted by molar-refractivity contribution is -0.138. The number of phenols is 1. The molecule has 5 heteroatoms. The second-order valence-electron chi connectivity index (χ2n) is 7.76. The smallest absolute Gasteiger partial charge is 0.305 e. The molecular weight excluding hydrogens is 354 g/mol. The Hall–Kier alpha value is -2.37.